The molecule has 0 unspecified atom stereocenters. The van der Waals surface area contributed by atoms with Gasteiger partial charge in [-0.05, 0) is 17.7 Å². The molecule has 20 heavy (non-hydrogen) atoms. The van der Waals surface area contributed by atoms with Crippen LogP contribution in [0, 0.1) is 0 Å². The maximum Gasteiger partial charge on any atom is 0.264 e. The van der Waals surface area contributed by atoms with Crippen LogP contribution >= 0.6 is 11.6 Å². The molecule has 0 radical (unpaired) electrons. The highest BCUT2D eigenvalue weighted by molar-refractivity contribution is 6.30. The second-order valence-corrected chi connectivity index (χ2v) is 4.50. The zero-order valence-electron chi connectivity index (χ0n) is 10.5. The first kappa shape index (κ1) is 14.5. The summed E-state index contributed by atoms with van der Waals surface area (Å²) in [5.41, 5.74) is 1.13. The van der Waals surface area contributed by atoms with Gasteiger partial charge in [0.2, 0.25) is 0 Å². The van der Waals surface area contributed by atoms with Crippen LogP contribution in [-0.4, -0.2) is 6.21 Å². The SMILES string of the molecule is FC(F)c1ccccc1C=NOCc1cccc(Cl)c1. The zero-order chi connectivity index (χ0) is 14.4. The molecule has 0 N–H and O–H groups in total. The van der Waals surface area contributed by atoms with E-state index in [9.17, 15) is 8.78 Å². The largest absolute Gasteiger partial charge is 0.391 e. The van der Waals surface area contributed by atoms with E-state index in [0.29, 0.717) is 10.6 Å². The Labute approximate surface area is 120 Å². The fraction of sp³-hybridized carbons (Fsp3) is 0.133. The van der Waals surface area contributed by atoms with E-state index >= 15 is 0 Å². The average molecular weight is 296 g/mol. The summed E-state index contributed by atoms with van der Waals surface area (Å²) in [6, 6.07) is 13.3. The molecule has 0 fully saturated rings. The highest BCUT2D eigenvalue weighted by Gasteiger charge is 2.10. The molecule has 0 aliphatic carbocycles. The van der Waals surface area contributed by atoms with Crippen molar-refractivity contribution in [1.82, 2.24) is 0 Å². The predicted octanol–water partition coefficient (Wildman–Crippen LogP) is 4.83. The summed E-state index contributed by atoms with van der Waals surface area (Å²) in [6.07, 6.45) is -1.25. The predicted molar refractivity (Wildman–Crippen MR) is 75.2 cm³/mol. The van der Waals surface area contributed by atoms with Crippen molar-refractivity contribution in [1.29, 1.82) is 0 Å². The monoisotopic (exact) mass is 295 g/mol. The van der Waals surface area contributed by atoms with Gasteiger partial charge in [0.15, 0.2) is 0 Å². The van der Waals surface area contributed by atoms with E-state index in [-0.39, 0.29) is 12.2 Å². The minimum Gasteiger partial charge on any atom is -0.391 e. The average Bonchev–Trinajstić information content (AvgIpc) is 2.44. The van der Waals surface area contributed by atoms with Crippen molar-refractivity contribution in [2.45, 2.75) is 13.0 Å². The number of halogens is 3. The molecule has 0 bridgehead atoms. The number of oxime groups is 1. The van der Waals surface area contributed by atoms with Crippen LogP contribution in [0.2, 0.25) is 5.02 Å². The van der Waals surface area contributed by atoms with Crippen LogP contribution in [0.1, 0.15) is 23.1 Å². The molecule has 0 amide bonds. The standard InChI is InChI=1S/C15H12ClF2NO/c16-13-6-3-4-11(8-13)10-20-19-9-12-5-1-2-7-14(12)15(17)18/h1-9,15H,10H2. The topological polar surface area (TPSA) is 21.6 Å². The Morgan fingerprint density at radius 2 is 1.95 bits per heavy atom. The maximum atomic E-state index is 12.7. The molecule has 0 aliphatic rings. The Morgan fingerprint density at radius 3 is 2.70 bits per heavy atom. The van der Waals surface area contributed by atoms with Gasteiger partial charge in [0.25, 0.3) is 6.43 Å². The second-order valence-electron chi connectivity index (χ2n) is 4.07. The Morgan fingerprint density at radius 1 is 1.15 bits per heavy atom. The minimum absolute atomic E-state index is 0.0670. The molecule has 0 spiro atoms. The van der Waals surface area contributed by atoms with Gasteiger partial charge in [-0.15, -0.1) is 0 Å². The van der Waals surface area contributed by atoms with Gasteiger partial charge < -0.3 is 4.84 Å². The van der Waals surface area contributed by atoms with Crippen LogP contribution in [0.4, 0.5) is 8.78 Å². The first-order chi connectivity index (χ1) is 9.66. The lowest BCUT2D eigenvalue weighted by Gasteiger charge is -2.04. The van der Waals surface area contributed by atoms with Crippen LogP contribution in [0.25, 0.3) is 0 Å². The van der Waals surface area contributed by atoms with Gasteiger partial charge in [-0.25, -0.2) is 8.78 Å². The third kappa shape index (κ3) is 4.03. The van der Waals surface area contributed by atoms with Gasteiger partial charge in [0.1, 0.15) is 6.61 Å². The molecule has 0 aromatic heterocycles. The van der Waals surface area contributed by atoms with E-state index in [1.165, 1.54) is 12.3 Å². The van der Waals surface area contributed by atoms with E-state index in [1.807, 2.05) is 6.07 Å². The number of benzene rings is 2. The molecular weight excluding hydrogens is 284 g/mol. The normalized spacial score (nSPS) is 11.2. The highest BCUT2D eigenvalue weighted by Crippen LogP contribution is 2.21. The van der Waals surface area contributed by atoms with Gasteiger partial charge in [-0.1, -0.05) is 53.2 Å². The molecular formula is C15H12ClF2NO. The third-order valence-electron chi connectivity index (χ3n) is 2.62. The molecule has 0 heterocycles. The van der Waals surface area contributed by atoms with Crippen molar-refractivity contribution in [3.8, 4) is 0 Å². The maximum absolute atomic E-state index is 12.7. The molecule has 104 valence electrons. The van der Waals surface area contributed by atoms with E-state index in [0.717, 1.165) is 5.56 Å². The molecule has 0 aliphatic heterocycles. The molecule has 0 atom stereocenters. The van der Waals surface area contributed by atoms with E-state index < -0.39 is 6.43 Å². The quantitative estimate of drug-likeness (QED) is 0.572. The molecule has 2 nitrogen and oxygen atoms in total. The fourth-order valence-electron chi connectivity index (χ4n) is 1.66. The van der Waals surface area contributed by atoms with Crippen molar-refractivity contribution in [2.75, 3.05) is 0 Å². The third-order valence-corrected chi connectivity index (χ3v) is 2.85. The first-order valence-corrected chi connectivity index (χ1v) is 6.31. The zero-order valence-corrected chi connectivity index (χ0v) is 11.2. The summed E-state index contributed by atoms with van der Waals surface area (Å²) in [6.45, 7) is 0.230. The van der Waals surface area contributed by atoms with Crippen LogP contribution in [0.5, 0.6) is 0 Å². The van der Waals surface area contributed by atoms with Gasteiger partial charge in [0, 0.05) is 16.1 Å². The number of rotatable bonds is 5. The molecule has 2 aromatic rings. The van der Waals surface area contributed by atoms with E-state index in [4.69, 9.17) is 16.4 Å². The summed E-state index contributed by atoms with van der Waals surface area (Å²) in [5, 5.41) is 4.32. The number of alkyl halides is 2. The summed E-state index contributed by atoms with van der Waals surface area (Å²) in [5.74, 6) is 0. The number of nitrogens with zero attached hydrogens (tertiary/aromatic N) is 1. The highest BCUT2D eigenvalue weighted by atomic mass is 35.5. The van der Waals surface area contributed by atoms with E-state index in [1.54, 1.807) is 36.4 Å². The van der Waals surface area contributed by atoms with Crippen LogP contribution in [-0.2, 0) is 11.4 Å². The molecule has 2 rings (SSSR count). The summed E-state index contributed by atoms with van der Waals surface area (Å²) in [4.78, 5) is 5.08. The van der Waals surface area contributed by atoms with Crippen molar-refractivity contribution < 1.29 is 13.6 Å². The Bertz CT molecular complexity index is 602. The number of hydrogen-bond acceptors (Lipinski definition) is 2. The van der Waals surface area contributed by atoms with Gasteiger partial charge in [-0.2, -0.15) is 0 Å². The smallest absolute Gasteiger partial charge is 0.264 e. The lowest BCUT2D eigenvalue weighted by Crippen LogP contribution is -1.94. The first-order valence-electron chi connectivity index (χ1n) is 5.93. The van der Waals surface area contributed by atoms with Crippen LogP contribution in [0.3, 0.4) is 0 Å². The minimum atomic E-state index is -2.54. The summed E-state index contributed by atoms with van der Waals surface area (Å²) < 4.78 is 25.5. The Balaban J connectivity index is 1.97. The molecule has 5 heteroatoms. The van der Waals surface area contributed by atoms with Crippen LogP contribution < -0.4 is 0 Å². The van der Waals surface area contributed by atoms with Crippen molar-refractivity contribution in [2.24, 2.45) is 5.16 Å². The lowest BCUT2D eigenvalue weighted by molar-refractivity contribution is 0.132. The lowest BCUT2D eigenvalue weighted by atomic mass is 10.1. The van der Waals surface area contributed by atoms with E-state index in [2.05, 4.69) is 5.16 Å². The molecule has 0 saturated heterocycles. The van der Waals surface area contributed by atoms with Crippen molar-refractivity contribution >= 4 is 17.8 Å². The summed E-state index contributed by atoms with van der Waals surface area (Å²) in [7, 11) is 0. The second kappa shape index (κ2) is 7.01. The Hall–Kier alpha value is -1.94. The van der Waals surface area contributed by atoms with Gasteiger partial charge in [0.05, 0.1) is 6.21 Å². The molecule has 2 aromatic carbocycles. The summed E-state index contributed by atoms with van der Waals surface area (Å²) >= 11 is 5.83. The fourth-order valence-corrected chi connectivity index (χ4v) is 1.87. The number of hydrogen-bond donors (Lipinski definition) is 0. The Kier molecular flexibility index (Phi) is 5.07. The van der Waals surface area contributed by atoms with Crippen molar-refractivity contribution in [3.05, 3.63) is 70.2 Å². The van der Waals surface area contributed by atoms with Gasteiger partial charge >= 0.3 is 0 Å². The van der Waals surface area contributed by atoms with Crippen molar-refractivity contribution in [3.63, 3.8) is 0 Å². The molecule has 0 saturated carbocycles. The van der Waals surface area contributed by atoms with Gasteiger partial charge in [-0.3, -0.25) is 0 Å². The van der Waals surface area contributed by atoms with Crippen LogP contribution in [0.15, 0.2) is 53.7 Å².